The molecule has 2 aromatic rings. The molecular formula is C16H15N7O5S3. The topological polar surface area (TPSA) is 186 Å². The van der Waals surface area contributed by atoms with Gasteiger partial charge in [0, 0.05) is 16.5 Å². The number of carbonyl (C=O) groups excluding carboxylic acids is 2. The third kappa shape index (κ3) is 4.19. The van der Waals surface area contributed by atoms with Crippen LogP contribution in [-0.4, -0.2) is 60.6 Å². The number of fused-ring (bicyclic) bond motifs is 1. The second-order valence-corrected chi connectivity index (χ2v) is 9.17. The fourth-order valence-corrected chi connectivity index (χ4v) is 5.19. The van der Waals surface area contributed by atoms with Gasteiger partial charge in [0.2, 0.25) is 0 Å². The van der Waals surface area contributed by atoms with Crippen LogP contribution in [0.25, 0.3) is 0 Å². The van der Waals surface area contributed by atoms with E-state index in [1.807, 2.05) is 0 Å². The van der Waals surface area contributed by atoms with Crippen molar-refractivity contribution in [3.05, 3.63) is 33.9 Å². The van der Waals surface area contributed by atoms with E-state index in [0.29, 0.717) is 16.6 Å². The summed E-state index contributed by atoms with van der Waals surface area (Å²) in [5, 5.41) is 19.0. The maximum absolute atomic E-state index is 12.9. The zero-order valence-corrected chi connectivity index (χ0v) is 18.0. The Morgan fingerprint density at radius 1 is 1.29 bits per heavy atom. The predicted molar refractivity (Wildman–Crippen MR) is 115 cm³/mol. The molecule has 1 fully saturated rings. The Kier molecular flexibility index (Phi) is 5.79. The molecule has 0 saturated carbocycles. The maximum Gasteiger partial charge on any atom is 0.352 e. The first-order valence-corrected chi connectivity index (χ1v) is 11.5. The van der Waals surface area contributed by atoms with Crippen LogP contribution in [-0.2, 0) is 25.8 Å². The quantitative estimate of drug-likeness (QED) is 0.239. The summed E-state index contributed by atoms with van der Waals surface area (Å²) in [6, 6.07) is -0.903. The number of carboxylic acid groups (broad SMARTS) is 1. The Balaban J connectivity index is 1.49. The molecule has 4 heterocycles. The molecule has 2 aromatic heterocycles. The highest BCUT2D eigenvalue weighted by Gasteiger charge is 2.53. The number of thioether (sulfide) groups is 1. The summed E-state index contributed by atoms with van der Waals surface area (Å²) in [6.45, 7) is -0.0223. The normalized spacial score (nSPS) is 20.5. The molecule has 0 aliphatic carbocycles. The van der Waals surface area contributed by atoms with E-state index < -0.39 is 29.2 Å². The van der Waals surface area contributed by atoms with Crippen LogP contribution in [0.3, 0.4) is 0 Å². The number of nitrogens with two attached hydrogens (primary N) is 2. The van der Waals surface area contributed by atoms with E-state index in [1.165, 1.54) is 34.6 Å². The average molecular weight is 482 g/mol. The molecule has 0 radical (unpaired) electrons. The number of carboxylic acids is 1. The van der Waals surface area contributed by atoms with Gasteiger partial charge in [-0.2, -0.15) is 0 Å². The fraction of sp³-hybridized carbons (Fsp3) is 0.250. The molecular weight excluding hydrogens is 466 g/mol. The molecule has 31 heavy (non-hydrogen) atoms. The van der Waals surface area contributed by atoms with Gasteiger partial charge in [0.1, 0.15) is 22.8 Å². The van der Waals surface area contributed by atoms with Crippen molar-refractivity contribution in [1.29, 1.82) is 0 Å². The summed E-state index contributed by atoms with van der Waals surface area (Å²) in [4.78, 5) is 51.2. The van der Waals surface area contributed by atoms with Crippen molar-refractivity contribution >= 4 is 68.2 Å². The first-order chi connectivity index (χ1) is 14.8. The summed E-state index contributed by atoms with van der Waals surface area (Å²) >= 11 is 3.70. The SMILES string of the molecule is Nc1nc(CON=C(C(=O)NC2C(=O)N3C(C(=O)O)=CCS[C@H]23)c2csc(N)n2)cs1. The standard InChI is InChI=1S/C16H15N7O5S3/c17-15-19-6(4-30-15)3-28-22-9(7-5-31-16(18)20-7)11(24)21-10-12(25)23-8(14(26)27)1-2-29-13(10)23/h1,4-5,10,13H,2-3H2,(H2,17,19)(H2,18,20)(H,21,24)(H,26,27)/t10?,13-/m1/s1. The molecule has 0 spiro atoms. The number of hydrogen-bond donors (Lipinski definition) is 4. The highest BCUT2D eigenvalue weighted by Crippen LogP contribution is 2.37. The summed E-state index contributed by atoms with van der Waals surface area (Å²) < 4.78 is 0. The Bertz CT molecular complexity index is 1110. The molecule has 0 aromatic carbocycles. The molecule has 1 unspecified atom stereocenters. The highest BCUT2D eigenvalue weighted by molar-refractivity contribution is 8.00. The number of aliphatic carboxylic acids is 1. The van der Waals surface area contributed by atoms with Crippen LogP contribution in [0.1, 0.15) is 11.4 Å². The number of nitrogen functional groups attached to an aromatic ring is 2. The fourth-order valence-electron chi connectivity index (χ4n) is 2.90. The third-order valence-corrected chi connectivity index (χ3v) is 6.85. The monoisotopic (exact) mass is 481 g/mol. The number of rotatable bonds is 7. The van der Waals surface area contributed by atoms with Gasteiger partial charge in [0.15, 0.2) is 22.6 Å². The van der Waals surface area contributed by atoms with Gasteiger partial charge in [0.05, 0.1) is 5.69 Å². The molecule has 2 atom stereocenters. The second kappa shape index (κ2) is 8.52. The summed E-state index contributed by atoms with van der Waals surface area (Å²) in [5.41, 5.74) is 11.7. The molecule has 2 aliphatic heterocycles. The molecule has 2 aliphatic rings. The number of hydrogen-bond acceptors (Lipinski definition) is 12. The third-order valence-electron chi connectivity index (χ3n) is 4.27. The molecule has 15 heteroatoms. The van der Waals surface area contributed by atoms with E-state index >= 15 is 0 Å². The Hall–Kier alpha value is -3.17. The minimum atomic E-state index is -1.19. The number of anilines is 2. The van der Waals surface area contributed by atoms with Gasteiger partial charge in [-0.15, -0.1) is 34.4 Å². The van der Waals surface area contributed by atoms with Crippen molar-refractivity contribution in [2.24, 2.45) is 5.16 Å². The van der Waals surface area contributed by atoms with Gasteiger partial charge in [-0.25, -0.2) is 14.8 Å². The van der Waals surface area contributed by atoms with E-state index in [2.05, 4.69) is 20.4 Å². The number of carbonyl (C=O) groups is 3. The van der Waals surface area contributed by atoms with E-state index in [4.69, 9.17) is 16.3 Å². The first-order valence-electron chi connectivity index (χ1n) is 8.65. The number of amides is 2. The number of oxime groups is 1. The van der Waals surface area contributed by atoms with Crippen LogP contribution in [0.4, 0.5) is 10.3 Å². The van der Waals surface area contributed by atoms with Crippen LogP contribution in [0, 0.1) is 0 Å². The van der Waals surface area contributed by atoms with E-state index in [0.717, 1.165) is 16.2 Å². The van der Waals surface area contributed by atoms with Gasteiger partial charge in [0.25, 0.3) is 11.8 Å². The number of nitrogens with zero attached hydrogens (tertiary/aromatic N) is 4. The zero-order chi connectivity index (χ0) is 22.1. The molecule has 1 saturated heterocycles. The molecule has 162 valence electrons. The molecule has 4 rings (SSSR count). The smallest absolute Gasteiger partial charge is 0.352 e. The van der Waals surface area contributed by atoms with Gasteiger partial charge in [-0.3, -0.25) is 14.5 Å². The summed E-state index contributed by atoms with van der Waals surface area (Å²) in [7, 11) is 0. The lowest BCUT2D eigenvalue weighted by Gasteiger charge is -2.48. The Labute approximate surface area is 187 Å². The Morgan fingerprint density at radius 3 is 2.68 bits per heavy atom. The van der Waals surface area contributed by atoms with Crippen molar-refractivity contribution in [3.8, 4) is 0 Å². The van der Waals surface area contributed by atoms with Crippen LogP contribution < -0.4 is 16.8 Å². The molecule has 2 amide bonds. The average Bonchev–Trinajstić information content (AvgIpc) is 3.36. The first kappa shape index (κ1) is 21.1. The number of β-lactam (4-membered cyclic amide) rings is 1. The van der Waals surface area contributed by atoms with E-state index in [9.17, 15) is 19.5 Å². The van der Waals surface area contributed by atoms with Gasteiger partial charge >= 0.3 is 5.97 Å². The van der Waals surface area contributed by atoms with Crippen molar-refractivity contribution in [2.45, 2.75) is 18.0 Å². The van der Waals surface area contributed by atoms with Crippen molar-refractivity contribution in [2.75, 3.05) is 17.2 Å². The van der Waals surface area contributed by atoms with Gasteiger partial charge in [-0.1, -0.05) is 5.16 Å². The van der Waals surface area contributed by atoms with Crippen molar-refractivity contribution < 1.29 is 24.3 Å². The van der Waals surface area contributed by atoms with Crippen LogP contribution >= 0.6 is 34.4 Å². The molecule has 12 nitrogen and oxygen atoms in total. The number of thiazole rings is 2. The number of aromatic nitrogens is 2. The largest absolute Gasteiger partial charge is 0.477 e. The lowest BCUT2D eigenvalue weighted by Crippen LogP contribution is -2.70. The molecule has 6 N–H and O–H groups in total. The minimum Gasteiger partial charge on any atom is -0.477 e. The molecule has 0 bridgehead atoms. The predicted octanol–water partition coefficient (Wildman–Crippen LogP) is 0.0533. The summed E-state index contributed by atoms with van der Waals surface area (Å²) in [5.74, 6) is -2.01. The van der Waals surface area contributed by atoms with E-state index in [-0.39, 0.29) is 28.8 Å². The second-order valence-electron chi connectivity index (χ2n) is 6.24. The Morgan fingerprint density at radius 2 is 2.03 bits per heavy atom. The van der Waals surface area contributed by atoms with Gasteiger partial charge in [-0.05, 0) is 6.08 Å². The number of nitrogens with one attached hydrogen (secondary N) is 1. The lowest BCUT2D eigenvalue weighted by molar-refractivity contribution is -0.150. The maximum atomic E-state index is 12.9. The van der Waals surface area contributed by atoms with Crippen LogP contribution in [0.15, 0.2) is 27.7 Å². The summed E-state index contributed by atoms with van der Waals surface area (Å²) in [6.07, 6.45) is 1.46. The zero-order valence-electron chi connectivity index (χ0n) is 15.5. The van der Waals surface area contributed by atoms with Crippen molar-refractivity contribution in [3.63, 3.8) is 0 Å². The van der Waals surface area contributed by atoms with E-state index in [1.54, 1.807) is 5.38 Å². The van der Waals surface area contributed by atoms with Crippen molar-refractivity contribution in [1.82, 2.24) is 20.2 Å². The van der Waals surface area contributed by atoms with Crippen LogP contribution in [0.5, 0.6) is 0 Å². The van der Waals surface area contributed by atoms with Gasteiger partial charge < -0.3 is 26.7 Å². The highest BCUT2D eigenvalue weighted by atomic mass is 32.2. The lowest BCUT2D eigenvalue weighted by atomic mass is 10.0. The van der Waals surface area contributed by atoms with Crippen LogP contribution in [0.2, 0.25) is 0 Å². The minimum absolute atomic E-state index is 0.0223.